The van der Waals surface area contributed by atoms with Gasteiger partial charge in [0, 0.05) is 5.69 Å². The predicted octanol–water partition coefficient (Wildman–Crippen LogP) is 4.03. The molecule has 0 bridgehead atoms. The third-order valence-corrected chi connectivity index (χ3v) is 5.33. The Morgan fingerprint density at radius 1 is 0.966 bits per heavy atom. The number of ether oxygens (including phenoxy) is 1. The maximum atomic E-state index is 13.8. The first kappa shape index (κ1) is 20.3. The second-order valence-electron chi connectivity index (χ2n) is 5.91. The van der Waals surface area contributed by atoms with Crippen LogP contribution in [0.5, 0.6) is 5.75 Å². The van der Waals surface area contributed by atoms with E-state index < -0.39 is 27.6 Å². The summed E-state index contributed by atoms with van der Waals surface area (Å²) < 4.78 is 59.4. The predicted molar refractivity (Wildman–Crippen MR) is 105 cm³/mol. The van der Waals surface area contributed by atoms with Crippen molar-refractivity contribution in [1.29, 1.82) is 0 Å². The quantitative estimate of drug-likeness (QED) is 0.633. The number of carbonyl (C=O) groups is 1. The first-order valence-electron chi connectivity index (χ1n) is 8.32. The summed E-state index contributed by atoms with van der Waals surface area (Å²) in [6, 6.07) is 14.0. The zero-order chi connectivity index (χ0) is 21.0. The lowest BCUT2D eigenvalue weighted by Crippen LogP contribution is -2.16. The van der Waals surface area contributed by atoms with Crippen LogP contribution in [-0.4, -0.2) is 21.4 Å². The molecule has 0 heterocycles. The maximum absolute atomic E-state index is 13.8. The van der Waals surface area contributed by atoms with Gasteiger partial charge in [-0.05, 0) is 54.6 Å². The van der Waals surface area contributed by atoms with Crippen molar-refractivity contribution in [3.05, 3.63) is 83.9 Å². The van der Waals surface area contributed by atoms with Gasteiger partial charge in [0.1, 0.15) is 17.4 Å². The van der Waals surface area contributed by atoms with Gasteiger partial charge in [0.05, 0.1) is 23.3 Å². The SMILES string of the molecule is COc1ccc(NC(=O)c2ccccc2F)cc1NS(=O)(=O)c1ccc(F)cc1. The molecule has 150 valence electrons. The molecule has 29 heavy (non-hydrogen) atoms. The van der Waals surface area contributed by atoms with E-state index in [9.17, 15) is 22.0 Å². The Labute approximate surface area is 166 Å². The number of hydrogen-bond donors (Lipinski definition) is 2. The van der Waals surface area contributed by atoms with Crippen molar-refractivity contribution in [1.82, 2.24) is 0 Å². The molecule has 1 amide bonds. The molecule has 2 N–H and O–H groups in total. The average molecular weight is 418 g/mol. The molecule has 0 fully saturated rings. The van der Waals surface area contributed by atoms with Crippen LogP contribution in [0, 0.1) is 11.6 Å². The number of benzene rings is 3. The minimum atomic E-state index is -4.04. The third kappa shape index (κ3) is 4.69. The fourth-order valence-electron chi connectivity index (χ4n) is 2.53. The van der Waals surface area contributed by atoms with Crippen molar-refractivity contribution in [2.75, 3.05) is 17.1 Å². The van der Waals surface area contributed by atoms with Gasteiger partial charge in [-0.1, -0.05) is 12.1 Å². The van der Waals surface area contributed by atoms with Gasteiger partial charge in [-0.25, -0.2) is 17.2 Å². The molecule has 3 aromatic carbocycles. The number of methoxy groups -OCH3 is 1. The van der Waals surface area contributed by atoms with Crippen LogP contribution in [0.1, 0.15) is 10.4 Å². The number of hydrogen-bond acceptors (Lipinski definition) is 4. The number of halogens is 2. The van der Waals surface area contributed by atoms with Gasteiger partial charge in [-0.15, -0.1) is 0 Å². The standard InChI is InChI=1S/C20H16F2N2O4S/c1-28-19-11-8-14(23-20(25)16-4-2-3-5-17(16)22)12-18(19)24-29(26,27)15-9-6-13(21)7-10-15/h2-12,24H,1H3,(H,23,25). The monoisotopic (exact) mass is 418 g/mol. The van der Waals surface area contributed by atoms with Gasteiger partial charge >= 0.3 is 0 Å². The molecule has 0 aliphatic rings. The lowest BCUT2D eigenvalue weighted by Gasteiger charge is -2.14. The van der Waals surface area contributed by atoms with E-state index >= 15 is 0 Å². The maximum Gasteiger partial charge on any atom is 0.262 e. The van der Waals surface area contributed by atoms with Crippen molar-refractivity contribution >= 4 is 27.3 Å². The van der Waals surface area contributed by atoms with Crippen LogP contribution in [-0.2, 0) is 10.0 Å². The van der Waals surface area contributed by atoms with Gasteiger partial charge in [-0.3, -0.25) is 9.52 Å². The Bertz CT molecular complexity index is 1150. The van der Waals surface area contributed by atoms with E-state index in [0.29, 0.717) is 0 Å². The molecular formula is C20H16F2N2O4S. The molecule has 0 atom stereocenters. The summed E-state index contributed by atoms with van der Waals surface area (Å²) in [6.07, 6.45) is 0. The number of amides is 1. The van der Waals surface area contributed by atoms with Gasteiger partial charge in [0.2, 0.25) is 0 Å². The Kier molecular flexibility index (Phi) is 5.79. The summed E-state index contributed by atoms with van der Waals surface area (Å²) in [4.78, 5) is 12.1. The minimum Gasteiger partial charge on any atom is -0.495 e. The van der Waals surface area contributed by atoms with Crippen molar-refractivity contribution in [3.8, 4) is 5.75 Å². The zero-order valence-corrected chi connectivity index (χ0v) is 16.0. The van der Waals surface area contributed by atoms with E-state index in [2.05, 4.69) is 10.0 Å². The number of anilines is 2. The second-order valence-corrected chi connectivity index (χ2v) is 7.59. The highest BCUT2D eigenvalue weighted by Crippen LogP contribution is 2.30. The van der Waals surface area contributed by atoms with E-state index in [1.54, 1.807) is 0 Å². The molecule has 0 spiro atoms. The summed E-state index contributed by atoms with van der Waals surface area (Å²) in [5, 5.41) is 2.50. The zero-order valence-electron chi connectivity index (χ0n) is 15.1. The van der Waals surface area contributed by atoms with Crippen LogP contribution in [0.3, 0.4) is 0 Å². The Morgan fingerprint density at radius 2 is 1.66 bits per heavy atom. The first-order valence-corrected chi connectivity index (χ1v) is 9.81. The number of carbonyl (C=O) groups excluding carboxylic acids is 1. The summed E-state index contributed by atoms with van der Waals surface area (Å²) in [5.74, 6) is -1.75. The number of nitrogens with one attached hydrogen (secondary N) is 2. The fourth-order valence-corrected chi connectivity index (χ4v) is 3.59. The van der Waals surface area contributed by atoms with Crippen LogP contribution in [0.15, 0.2) is 71.6 Å². The fraction of sp³-hybridized carbons (Fsp3) is 0.0500. The summed E-state index contributed by atoms with van der Waals surface area (Å²) in [7, 11) is -2.69. The molecule has 0 unspecified atom stereocenters. The third-order valence-electron chi connectivity index (χ3n) is 3.94. The highest BCUT2D eigenvalue weighted by atomic mass is 32.2. The molecule has 0 saturated heterocycles. The highest BCUT2D eigenvalue weighted by Gasteiger charge is 2.18. The molecule has 9 heteroatoms. The van der Waals surface area contributed by atoms with Gasteiger partial charge in [-0.2, -0.15) is 0 Å². The summed E-state index contributed by atoms with van der Waals surface area (Å²) in [5.41, 5.74) is 0.107. The molecule has 6 nitrogen and oxygen atoms in total. The first-order chi connectivity index (χ1) is 13.8. The highest BCUT2D eigenvalue weighted by molar-refractivity contribution is 7.92. The van der Waals surface area contributed by atoms with Crippen molar-refractivity contribution < 1.29 is 26.7 Å². The molecule has 3 rings (SSSR count). The normalized spacial score (nSPS) is 11.0. The Morgan fingerprint density at radius 3 is 2.31 bits per heavy atom. The van der Waals surface area contributed by atoms with E-state index in [0.717, 1.165) is 30.3 Å². The molecular weight excluding hydrogens is 402 g/mol. The van der Waals surface area contributed by atoms with Gasteiger partial charge in [0.25, 0.3) is 15.9 Å². The summed E-state index contributed by atoms with van der Waals surface area (Å²) in [6.45, 7) is 0. The molecule has 0 aliphatic heterocycles. The van der Waals surface area contributed by atoms with E-state index in [-0.39, 0.29) is 27.6 Å². The van der Waals surface area contributed by atoms with Gasteiger partial charge in [0.15, 0.2) is 0 Å². The van der Waals surface area contributed by atoms with Crippen molar-refractivity contribution in [3.63, 3.8) is 0 Å². The second kappa shape index (κ2) is 8.27. The van der Waals surface area contributed by atoms with E-state index in [1.807, 2.05) is 0 Å². The molecule has 0 aliphatic carbocycles. The van der Waals surface area contributed by atoms with E-state index in [1.165, 1.54) is 43.5 Å². The lowest BCUT2D eigenvalue weighted by atomic mass is 10.2. The van der Waals surface area contributed by atoms with Crippen LogP contribution in [0.2, 0.25) is 0 Å². The van der Waals surface area contributed by atoms with Crippen LogP contribution in [0.4, 0.5) is 20.2 Å². The molecule has 0 aromatic heterocycles. The molecule has 0 radical (unpaired) electrons. The number of sulfonamides is 1. The largest absolute Gasteiger partial charge is 0.495 e. The topological polar surface area (TPSA) is 84.5 Å². The van der Waals surface area contributed by atoms with Crippen LogP contribution in [0.25, 0.3) is 0 Å². The van der Waals surface area contributed by atoms with Gasteiger partial charge < -0.3 is 10.1 Å². The lowest BCUT2D eigenvalue weighted by molar-refractivity contribution is 0.102. The smallest absolute Gasteiger partial charge is 0.262 e. The molecule has 0 saturated carbocycles. The Balaban J connectivity index is 1.88. The summed E-state index contributed by atoms with van der Waals surface area (Å²) >= 11 is 0. The number of rotatable bonds is 6. The van der Waals surface area contributed by atoms with Crippen LogP contribution >= 0.6 is 0 Å². The van der Waals surface area contributed by atoms with E-state index in [4.69, 9.17) is 4.74 Å². The average Bonchev–Trinajstić information content (AvgIpc) is 2.68. The molecule has 3 aromatic rings. The van der Waals surface area contributed by atoms with Crippen LogP contribution < -0.4 is 14.8 Å². The minimum absolute atomic E-state index is 0.0446. The Hall–Kier alpha value is -3.46. The van der Waals surface area contributed by atoms with Crippen molar-refractivity contribution in [2.45, 2.75) is 4.90 Å². The van der Waals surface area contributed by atoms with Crippen molar-refractivity contribution in [2.24, 2.45) is 0 Å².